The van der Waals surface area contributed by atoms with Gasteiger partial charge in [0.25, 0.3) is 5.91 Å². The summed E-state index contributed by atoms with van der Waals surface area (Å²) in [5.74, 6) is 0.289. The first-order valence-corrected chi connectivity index (χ1v) is 9.46. The third-order valence-corrected chi connectivity index (χ3v) is 5.51. The average molecular weight is 365 g/mol. The van der Waals surface area contributed by atoms with Crippen molar-refractivity contribution >= 4 is 24.2 Å². The Bertz CT molecular complexity index is 812. The minimum Gasteiger partial charge on any atom is -0.399 e. The summed E-state index contributed by atoms with van der Waals surface area (Å²) in [6, 6.07) is 15.4. The molecule has 2 aromatic rings. The molecule has 0 spiro atoms. The van der Waals surface area contributed by atoms with Gasteiger partial charge in [-0.25, -0.2) is 0 Å². The van der Waals surface area contributed by atoms with Crippen molar-refractivity contribution in [1.29, 1.82) is 0 Å². The molecule has 1 N–H and O–H groups in total. The van der Waals surface area contributed by atoms with E-state index >= 15 is 0 Å². The summed E-state index contributed by atoms with van der Waals surface area (Å²) in [7, 11) is -0.421. The lowest BCUT2D eigenvalue weighted by Gasteiger charge is -2.32. The summed E-state index contributed by atoms with van der Waals surface area (Å²) < 4.78 is 12.1. The van der Waals surface area contributed by atoms with Crippen LogP contribution in [0.3, 0.4) is 0 Å². The van der Waals surface area contributed by atoms with Crippen molar-refractivity contribution in [2.75, 3.05) is 5.32 Å². The smallest absolute Gasteiger partial charge is 0.399 e. The van der Waals surface area contributed by atoms with Crippen LogP contribution in [0.25, 0.3) is 0 Å². The molecule has 5 heteroatoms. The van der Waals surface area contributed by atoms with Crippen molar-refractivity contribution in [3.8, 4) is 0 Å². The van der Waals surface area contributed by atoms with E-state index in [2.05, 4.69) is 25.2 Å². The van der Waals surface area contributed by atoms with Crippen LogP contribution in [0.4, 0.5) is 5.69 Å². The van der Waals surface area contributed by atoms with Gasteiger partial charge >= 0.3 is 7.12 Å². The summed E-state index contributed by atoms with van der Waals surface area (Å²) in [5.41, 5.74) is 2.76. The molecule has 27 heavy (non-hydrogen) atoms. The fraction of sp³-hybridized carbons (Fsp3) is 0.409. The Morgan fingerprint density at radius 3 is 2.11 bits per heavy atom. The van der Waals surface area contributed by atoms with Crippen LogP contribution in [0.15, 0.2) is 48.5 Å². The molecule has 4 nitrogen and oxygen atoms in total. The quantitative estimate of drug-likeness (QED) is 0.819. The van der Waals surface area contributed by atoms with Crippen molar-refractivity contribution in [2.24, 2.45) is 0 Å². The minimum absolute atomic E-state index is 0.128. The Hall–Kier alpha value is -2.11. The van der Waals surface area contributed by atoms with Crippen LogP contribution in [0.5, 0.6) is 0 Å². The Balaban J connectivity index is 1.70. The van der Waals surface area contributed by atoms with Gasteiger partial charge in [-0.1, -0.05) is 38.1 Å². The van der Waals surface area contributed by atoms with E-state index in [1.54, 1.807) is 0 Å². The number of benzene rings is 2. The lowest BCUT2D eigenvalue weighted by Crippen LogP contribution is -2.41. The summed E-state index contributed by atoms with van der Waals surface area (Å²) in [6.07, 6.45) is 0. The predicted molar refractivity (Wildman–Crippen MR) is 111 cm³/mol. The van der Waals surface area contributed by atoms with Crippen molar-refractivity contribution in [3.63, 3.8) is 0 Å². The van der Waals surface area contributed by atoms with E-state index in [1.165, 1.54) is 5.56 Å². The molecule has 2 aromatic carbocycles. The lowest BCUT2D eigenvalue weighted by molar-refractivity contribution is 0.00578. The van der Waals surface area contributed by atoms with Gasteiger partial charge in [-0.15, -0.1) is 0 Å². The molecule has 1 heterocycles. The SMILES string of the molecule is CC(C)c1cccc(NC(=O)c2ccc(B3OC(C)(C)C(C)(C)O3)cc2)c1. The van der Waals surface area contributed by atoms with Crippen molar-refractivity contribution in [1.82, 2.24) is 0 Å². The maximum atomic E-state index is 12.6. The van der Waals surface area contributed by atoms with Crippen LogP contribution in [0, 0.1) is 0 Å². The third kappa shape index (κ3) is 4.09. The van der Waals surface area contributed by atoms with Crippen molar-refractivity contribution in [3.05, 3.63) is 59.7 Å². The second-order valence-electron chi connectivity index (χ2n) is 8.44. The van der Waals surface area contributed by atoms with Gasteiger partial charge in [0.1, 0.15) is 0 Å². The second kappa shape index (κ2) is 7.14. The van der Waals surface area contributed by atoms with Crippen LogP contribution in [-0.4, -0.2) is 24.2 Å². The molecule has 0 radical (unpaired) electrons. The number of hydrogen-bond acceptors (Lipinski definition) is 3. The summed E-state index contributed by atoms with van der Waals surface area (Å²) >= 11 is 0. The summed E-state index contributed by atoms with van der Waals surface area (Å²) in [4.78, 5) is 12.6. The molecule has 0 unspecified atom stereocenters. The summed E-state index contributed by atoms with van der Waals surface area (Å²) in [5, 5.41) is 2.97. The predicted octanol–water partition coefficient (Wildman–Crippen LogP) is 4.36. The molecule has 1 saturated heterocycles. The van der Waals surface area contributed by atoms with Gasteiger partial charge in [-0.05, 0) is 68.9 Å². The van der Waals surface area contributed by atoms with Crippen LogP contribution >= 0.6 is 0 Å². The zero-order chi connectivity index (χ0) is 19.8. The Labute approximate surface area is 162 Å². The van der Waals surface area contributed by atoms with Gasteiger partial charge in [-0.2, -0.15) is 0 Å². The largest absolute Gasteiger partial charge is 0.494 e. The maximum Gasteiger partial charge on any atom is 0.494 e. The zero-order valence-corrected chi connectivity index (χ0v) is 17.0. The van der Waals surface area contributed by atoms with Crippen LogP contribution in [0.2, 0.25) is 0 Å². The van der Waals surface area contributed by atoms with Crippen molar-refractivity contribution < 1.29 is 14.1 Å². The zero-order valence-electron chi connectivity index (χ0n) is 17.0. The molecule has 3 rings (SSSR count). The number of rotatable bonds is 4. The van der Waals surface area contributed by atoms with E-state index in [0.717, 1.165) is 11.2 Å². The van der Waals surface area contributed by atoms with E-state index in [1.807, 2.05) is 70.2 Å². The third-order valence-electron chi connectivity index (χ3n) is 5.51. The number of hydrogen-bond donors (Lipinski definition) is 1. The minimum atomic E-state index is -0.421. The molecule has 1 aliphatic rings. The Morgan fingerprint density at radius 1 is 0.963 bits per heavy atom. The highest BCUT2D eigenvalue weighted by Crippen LogP contribution is 2.36. The average Bonchev–Trinajstić information content (AvgIpc) is 2.83. The van der Waals surface area contributed by atoms with Gasteiger partial charge in [0.05, 0.1) is 11.2 Å². The Kier molecular flexibility index (Phi) is 5.19. The lowest BCUT2D eigenvalue weighted by atomic mass is 9.79. The molecule has 142 valence electrons. The number of nitrogens with one attached hydrogen (secondary N) is 1. The molecule has 1 aliphatic heterocycles. The number of anilines is 1. The summed E-state index contributed by atoms with van der Waals surface area (Å²) in [6.45, 7) is 12.4. The fourth-order valence-electron chi connectivity index (χ4n) is 2.95. The number of carbonyl (C=O) groups is 1. The van der Waals surface area contributed by atoms with Gasteiger partial charge < -0.3 is 14.6 Å². The highest BCUT2D eigenvalue weighted by Gasteiger charge is 2.51. The van der Waals surface area contributed by atoms with Gasteiger partial charge in [-0.3, -0.25) is 4.79 Å². The first-order chi connectivity index (χ1) is 12.6. The highest BCUT2D eigenvalue weighted by atomic mass is 16.7. The van der Waals surface area contributed by atoms with E-state index in [0.29, 0.717) is 11.5 Å². The van der Waals surface area contributed by atoms with E-state index < -0.39 is 7.12 Å². The topological polar surface area (TPSA) is 47.6 Å². The second-order valence-corrected chi connectivity index (χ2v) is 8.44. The van der Waals surface area contributed by atoms with Gasteiger partial charge in [0, 0.05) is 11.3 Å². The van der Waals surface area contributed by atoms with Gasteiger partial charge in [0.15, 0.2) is 0 Å². The molecular formula is C22H28BNO3. The van der Waals surface area contributed by atoms with E-state index in [4.69, 9.17) is 9.31 Å². The molecule has 0 bridgehead atoms. The van der Waals surface area contributed by atoms with E-state index in [-0.39, 0.29) is 17.1 Å². The molecule has 0 saturated carbocycles. The molecule has 0 atom stereocenters. The molecule has 1 amide bonds. The molecule has 1 fully saturated rings. The van der Waals surface area contributed by atoms with Crippen LogP contribution in [0.1, 0.15) is 63.4 Å². The Morgan fingerprint density at radius 2 is 1.56 bits per heavy atom. The number of carbonyl (C=O) groups excluding carboxylic acids is 1. The van der Waals surface area contributed by atoms with Crippen LogP contribution in [-0.2, 0) is 9.31 Å². The molecular weight excluding hydrogens is 337 g/mol. The standard InChI is InChI=1S/C22H28BNO3/c1-15(2)17-8-7-9-19(14-17)24-20(25)16-10-12-18(13-11-16)23-26-21(3,4)22(5,6)27-23/h7-15H,1-6H3,(H,24,25). The first kappa shape index (κ1) is 19.7. The highest BCUT2D eigenvalue weighted by molar-refractivity contribution is 6.62. The monoisotopic (exact) mass is 365 g/mol. The van der Waals surface area contributed by atoms with Gasteiger partial charge in [0.2, 0.25) is 0 Å². The normalized spacial score (nSPS) is 18.0. The molecule has 0 aliphatic carbocycles. The maximum absolute atomic E-state index is 12.6. The number of amides is 1. The van der Waals surface area contributed by atoms with Crippen molar-refractivity contribution in [2.45, 2.75) is 58.7 Å². The fourth-order valence-corrected chi connectivity index (χ4v) is 2.95. The first-order valence-electron chi connectivity index (χ1n) is 9.46. The van der Waals surface area contributed by atoms with E-state index in [9.17, 15) is 4.79 Å². The molecule has 0 aromatic heterocycles. The van der Waals surface area contributed by atoms with Crippen LogP contribution < -0.4 is 10.8 Å².